The summed E-state index contributed by atoms with van der Waals surface area (Å²) in [5, 5.41) is 4.54. The molecule has 2 rings (SSSR count). The summed E-state index contributed by atoms with van der Waals surface area (Å²) in [5.74, 6) is 0. The third kappa shape index (κ3) is 3.30. The second kappa shape index (κ2) is 5.50. The fraction of sp³-hybridized carbons (Fsp3) is 0.250. The lowest BCUT2D eigenvalue weighted by atomic mass is 10.3. The van der Waals surface area contributed by atoms with E-state index >= 15 is 0 Å². The highest BCUT2D eigenvalue weighted by molar-refractivity contribution is 9.11. The van der Waals surface area contributed by atoms with Crippen LogP contribution in [0.25, 0.3) is 0 Å². The molecule has 90 valence electrons. The minimum absolute atomic E-state index is 0.812. The quantitative estimate of drug-likeness (QED) is 0.825. The van der Waals surface area contributed by atoms with Crippen molar-refractivity contribution < 1.29 is 0 Å². The van der Waals surface area contributed by atoms with Gasteiger partial charge in [-0.15, -0.1) is 11.3 Å². The van der Waals surface area contributed by atoms with Crippen LogP contribution in [0.2, 0.25) is 0 Å². The highest BCUT2D eigenvalue weighted by Gasteiger charge is 2.06. The van der Waals surface area contributed by atoms with Gasteiger partial charge in [0.05, 0.1) is 17.2 Å². The molecule has 0 saturated heterocycles. The second-order valence-corrected chi connectivity index (χ2v) is 6.78. The maximum Gasteiger partial charge on any atom is 0.0900 e. The van der Waals surface area contributed by atoms with Gasteiger partial charge < -0.3 is 5.32 Å². The summed E-state index contributed by atoms with van der Waals surface area (Å²) < 4.78 is 2.14. The molecule has 2 nitrogen and oxygen atoms in total. The predicted molar refractivity (Wildman–Crippen MR) is 80.8 cm³/mol. The molecule has 0 aliphatic heterocycles. The highest BCUT2D eigenvalue weighted by Crippen LogP contribution is 2.27. The first-order valence-electron chi connectivity index (χ1n) is 5.18. The Hall–Kier alpha value is -0.390. The van der Waals surface area contributed by atoms with Gasteiger partial charge in [0.2, 0.25) is 0 Å². The van der Waals surface area contributed by atoms with Crippen molar-refractivity contribution in [3.05, 3.63) is 42.7 Å². The van der Waals surface area contributed by atoms with E-state index in [2.05, 4.69) is 55.2 Å². The molecule has 0 atom stereocenters. The lowest BCUT2D eigenvalue weighted by Crippen LogP contribution is -1.99. The number of aromatic nitrogens is 1. The number of nitrogens with one attached hydrogen (secondary N) is 1. The second-order valence-electron chi connectivity index (χ2n) is 3.72. The van der Waals surface area contributed by atoms with E-state index in [0.29, 0.717) is 0 Å². The summed E-state index contributed by atoms with van der Waals surface area (Å²) >= 11 is 8.75. The molecule has 1 heterocycles. The van der Waals surface area contributed by atoms with Crippen molar-refractivity contribution in [2.24, 2.45) is 0 Å². The van der Waals surface area contributed by atoms with Gasteiger partial charge in [-0.1, -0.05) is 15.9 Å². The normalized spacial score (nSPS) is 10.6. The SMILES string of the molecule is Cc1nc(C)c(CNc2cc(Br)ccc2Br)s1. The Morgan fingerprint density at radius 2 is 2.06 bits per heavy atom. The van der Waals surface area contributed by atoms with Gasteiger partial charge in [-0.2, -0.15) is 0 Å². The fourth-order valence-electron chi connectivity index (χ4n) is 1.55. The highest BCUT2D eigenvalue weighted by atomic mass is 79.9. The van der Waals surface area contributed by atoms with Crippen LogP contribution >= 0.6 is 43.2 Å². The molecule has 0 spiro atoms. The van der Waals surface area contributed by atoms with Gasteiger partial charge in [-0.05, 0) is 48.0 Å². The first-order valence-corrected chi connectivity index (χ1v) is 7.58. The monoisotopic (exact) mass is 374 g/mol. The van der Waals surface area contributed by atoms with Crippen molar-refractivity contribution in [2.45, 2.75) is 20.4 Å². The lowest BCUT2D eigenvalue weighted by Gasteiger charge is -2.08. The molecule has 2 aromatic rings. The van der Waals surface area contributed by atoms with E-state index in [4.69, 9.17) is 0 Å². The molecule has 17 heavy (non-hydrogen) atoms. The van der Waals surface area contributed by atoms with Gasteiger partial charge in [0.1, 0.15) is 0 Å². The van der Waals surface area contributed by atoms with Gasteiger partial charge in [0.15, 0.2) is 0 Å². The predicted octanol–water partition coefficient (Wildman–Crippen LogP) is 4.90. The first-order chi connectivity index (χ1) is 8.06. The van der Waals surface area contributed by atoms with Gasteiger partial charge in [-0.3, -0.25) is 0 Å². The number of aryl methyl sites for hydroxylation is 2. The summed E-state index contributed by atoms with van der Waals surface area (Å²) in [5.41, 5.74) is 2.20. The Balaban J connectivity index is 2.12. The van der Waals surface area contributed by atoms with Crippen LogP contribution in [0.5, 0.6) is 0 Å². The number of thiazole rings is 1. The molecular formula is C12H12Br2N2S. The van der Waals surface area contributed by atoms with Crippen LogP contribution in [0, 0.1) is 13.8 Å². The summed E-state index contributed by atoms with van der Waals surface area (Å²) in [4.78, 5) is 5.71. The standard InChI is InChI=1S/C12H12Br2N2S/c1-7-12(17-8(2)16-7)6-15-11-5-9(13)3-4-10(11)14/h3-5,15H,6H2,1-2H3. The first kappa shape index (κ1) is 13.1. The van der Waals surface area contributed by atoms with Crippen molar-refractivity contribution in [2.75, 3.05) is 5.32 Å². The van der Waals surface area contributed by atoms with Crippen molar-refractivity contribution in [3.8, 4) is 0 Å². The smallest absolute Gasteiger partial charge is 0.0900 e. The van der Waals surface area contributed by atoms with Crippen molar-refractivity contribution in [1.29, 1.82) is 0 Å². The van der Waals surface area contributed by atoms with Gasteiger partial charge in [-0.25, -0.2) is 4.98 Å². The molecule has 0 bridgehead atoms. The van der Waals surface area contributed by atoms with Crippen molar-refractivity contribution in [1.82, 2.24) is 4.98 Å². The number of rotatable bonds is 3. The maximum atomic E-state index is 4.42. The van der Waals surface area contributed by atoms with Crippen LogP contribution in [-0.2, 0) is 6.54 Å². The largest absolute Gasteiger partial charge is 0.379 e. The van der Waals surface area contributed by atoms with Gasteiger partial charge in [0.25, 0.3) is 0 Å². The molecule has 0 radical (unpaired) electrons. The van der Waals surface area contributed by atoms with E-state index in [1.165, 1.54) is 4.88 Å². The van der Waals surface area contributed by atoms with E-state index < -0.39 is 0 Å². The van der Waals surface area contributed by atoms with Gasteiger partial charge in [0, 0.05) is 19.5 Å². The van der Waals surface area contributed by atoms with E-state index in [0.717, 1.165) is 31.9 Å². The van der Waals surface area contributed by atoms with Crippen LogP contribution in [0.15, 0.2) is 27.1 Å². The number of nitrogens with zero attached hydrogens (tertiary/aromatic N) is 1. The molecule has 0 amide bonds. The zero-order chi connectivity index (χ0) is 12.4. The molecule has 0 aliphatic rings. The summed E-state index contributed by atoms with van der Waals surface area (Å²) in [6, 6.07) is 6.10. The Morgan fingerprint density at radius 3 is 2.71 bits per heavy atom. The number of halogens is 2. The Labute approximate surface area is 122 Å². The van der Waals surface area contributed by atoms with E-state index in [1.807, 2.05) is 19.1 Å². The molecule has 0 aliphatic carbocycles. The minimum Gasteiger partial charge on any atom is -0.379 e. The topological polar surface area (TPSA) is 24.9 Å². The summed E-state index contributed by atoms with van der Waals surface area (Å²) in [6.07, 6.45) is 0. The van der Waals surface area contributed by atoms with Crippen molar-refractivity contribution >= 4 is 48.9 Å². The molecule has 5 heteroatoms. The molecule has 1 N–H and O–H groups in total. The number of hydrogen-bond donors (Lipinski definition) is 1. The summed E-state index contributed by atoms with van der Waals surface area (Å²) in [7, 11) is 0. The summed E-state index contributed by atoms with van der Waals surface area (Å²) in [6.45, 7) is 4.90. The molecule has 1 aromatic carbocycles. The van der Waals surface area contributed by atoms with Crippen LogP contribution in [-0.4, -0.2) is 4.98 Å². The van der Waals surface area contributed by atoms with Crippen LogP contribution in [0.1, 0.15) is 15.6 Å². The zero-order valence-electron chi connectivity index (χ0n) is 9.55. The van der Waals surface area contributed by atoms with Gasteiger partial charge >= 0.3 is 0 Å². The third-order valence-corrected chi connectivity index (χ3v) is 4.62. The fourth-order valence-corrected chi connectivity index (χ4v) is 3.17. The molecule has 0 saturated carbocycles. The number of benzene rings is 1. The molecule has 0 unspecified atom stereocenters. The van der Waals surface area contributed by atoms with E-state index in [1.54, 1.807) is 11.3 Å². The van der Waals surface area contributed by atoms with Crippen LogP contribution < -0.4 is 5.32 Å². The Kier molecular flexibility index (Phi) is 4.22. The average Bonchev–Trinajstić information content (AvgIpc) is 2.59. The van der Waals surface area contributed by atoms with E-state index in [9.17, 15) is 0 Å². The molecule has 1 aromatic heterocycles. The lowest BCUT2D eigenvalue weighted by molar-refractivity contribution is 1.10. The van der Waals surface area contributed by atoms with Crippen molar-refractivity contribution in [3.63, 3.8) is 0 Å². The Morgan fingerprint density at radius 1 is 1.29 bits per heavy atom. The molecular weight excluding hydrogens is 364 g/mol. The average molecular weight is 376 g/mol. The zero-order valence-corrected chi connectivity index (χ0v) is 13.5. The maximum absolute atomic E-state index is 4.42. The third-order valence-electron chi connectivity index (χ3n) is 2.37. The van der Waals surface area contributed by atoms with Crippen LogP contribution in [0.3, 0.4) is 0 Å². The van der Waals surface area contributed by atoms with Crippen LogP contribution in [0.4, 0.5) is 5.69 Å². The van der Waals surface area contributed by atoms with E-state index in [-0.39, 0.29) is 0 Å². The Bertz CT molecular complexity index is 537. The molecule has 0 fully saturated rings. The minimum atomic E-state index is 0.812. The number of hydrogen-bond acceptors (Lipinski definition) is 3. The number of anilines is 1.